The van der Waals surface area contributed by atoms with Gasteiger partial charge in [0.25, 0.3) is 5.91 Å². The lowest BCUT2D eigenvalue weighted by molar-refractivity contribution is -0.123. The minimum atomic E-state index is -0.289. The highest BCUT2D eigenvalue weighted by atomic mass is 35.5. The summed E-state index contributed by atoms with van der Waals surface area (Å²) in [6, 6.07) is 4.77. The Morgan fingerprint density at radius 1 is 1.46 bits per heavy atom. The smallest absolute Gasteiger partial charge is 0.251 e. The molecule has 0 bridgehead atoms. The monoisotopic (exact) mass is 346 g/mol. The van der Waals surface area contributed by atoms with Crippen molar-refractivity contribution in [3.8, 4) is 0 Å². The van der Waals surface area contributed by atoms with E-state index in [9.17, 15) is 9.59 Å². The van der Waals surface area contributed by atoms with E-state index in [2.05, 4.69) is 15.7 Å². The zero-order chi connectivity index (χ0) is 17.3. The Labute approximate surface area is 145 Å². The molecule has 1 saturated heterocycles. The summed E-state index contributed by atoms with van der Waals surface area (Å²) in [6.45, 7) is 1.82. The van der Waals surface area contributed by atoms with Gasteiger partial charge < -0.3 is 10.6 Å². The molecule has 0 aliphatic carbocycles. The SMILES string of the molecule is Cc1c(Cl)cccc1C(=O)N[C@@H]1CCC(=O)N[C@H]1c1cnn(C)c1. The Morgan fingerprint density at radius 2 is 2.25 bits per heavy atom. The molecule has 126 valence electrons. The zero-order valence-corrected chi connectivity index (χ0v) is 14.3. The maximum atomic E-state index is 12.6. The number of rotatable bonds is 3. The van der Waals surface area contributed by atoms with Gasteiger partial charge in [-0.05, 0) is 31.0 Å². The van der Waals surface area contributed by atoms with Crippen molar-refractivity contribution in [3.05, 3.63) is 52.3 Å². The number of nitrogens with one attached hydrogen (secondary N) is 2. The van der Waals surface area contributed by atoms with Crippen molar-refractivity contribution in [1.82, 2.24) is 20.4 Å². The first-order valence-electron chi connectivity index (χ1n) is 7.79. The van der Waals surface area contributed by atoms with Gasteiger partial charge in [0.2, 0.25) is 5.91 Å². The van der Waals surface area contributed by atoms with Gasteiger partial charge in [0, 0.05) is 35.8 Å². The Morgan fingerprint density at radius 3 is 2.96 bits per heavy atom. The summed E-state index contributed by atoms with van der Waals surface area (Å²) < 4.78 is 1.68. The van der Waals surface area contributed by atoms with Crippen LogP contribution < -0.4 is 10.6 Å². The number of nitrogens with zero attached hydrogens (tertiary/aromatic N) is 2. The number of hydrogen-bond acceptors (Lipinski definition) is 3. The molecule has 1 aromatic carbocycles. The van der Waals surface area contributed by atoms with Crippen LogP contribution in [-0.4, -0.2) is 27.6 Å². The lowest BCUT2D eigenvalue weighted by Gasteiger charge is -2.32. The third-order valence-electron chi connectivity index (χ3n) is 4.31. The largest absolute Gasteiger partial charge is 0.347 e. The quantitative estimate of drug-likeness (QED) is 0.894. The first kappa shape index (κ1) is 16.5. The van der Waals surface area contributed by atoms with Crippen LogP contribution in [-0.2, 0) is 11.8 Å². The van der Waals surface area contributed by atoms with E-state index in [1.165, 1.54) is 0 Å². The summed E-state index contributed by atoms with van der Waals surface area (Å²) in [4.78, 5) is 24.4. The van der Waals surface area contributed by atoms with Gasteiger partial charge in [0.15, 0.2) is 0 Å². The first-order valence-corrected chi connectivity index (χ1v) is 8.17. The fourth-order valence-electron chi connectivity index (χ4n) is 2.97. The third-order valence-corrected chi connectivity index (χ3v) is 4.72. The number of halogens is 1. The summed E-state index contributed by atoms with van der Waals surface area (Å²) in [7, 11) is 1.82. The van der Waals surface area contributed by atoms with Crippen LogP contribution in [0.4, 0.5) is 0 Å². The molecule has 0 saturated carbocycles. The van der Waals surface area contributed by atoms with E-state index in [1.807, 2.05) is 20.2 Å². The van der Waals surface area contributed by atoms with Crippen LogP contribution in [0.5, 0.6) is 0 Å². The second-order valence-electron chi connectivity index (χ2n) is 6.02. The van der Waals surface area contributed by atoms with E-state index in [1.54, 1.807) is 29.1 Å². The van der Waals surface area contributed by atoms with E-state index >= 15 is 0 Å². The van der Waals surface area contributed by atoms with Gasteiger partial charge in [-0.25, -0.2) is 0 Å². The van der Waals surface area contributed by atoms with Gasteiger partial charge in [-0.3, -0.25) is 14.3 Å². The van der Waals surface area contributed by atoms with Crippen LogP contribution in [0.2, 0.25) is 5.02 Å². The highest BCUT2D eigenvalue weighted by Crippen LogP contribution is 2.25. The van der Waals surface area contributed by atoms with Gasteiger partial charge in [-0.2, -0.15) is 5.10 Å². The molecule has 2 amide bonds. The van der Waals surface area contributed by atoms with E-state index in [4.69, 9.17) is 11.6 Å². The van der Waals surface area contributed by atoms with E-state index in [0.29, 0.717) is 23.4 Å². The van der Waals surface area contributed by atoms with Gasteiger partial charge in [0.05, 0.1) is 18.3 Å². The maximum Gasteiger partial charge on any atom is 0.251 e. The van der Waals surface area contributed by atoms with Crippen LogP contribution in [0.25, 0.3) is 0 Å². The minimum Gasteiger partial charge on any atom is -0.347 e. The van der Waals surface area contributed by atoms with Gasteiger partial charge >= 0.3 is 0 Å². The molecular weight excluding hydrogens is 328 g/mol. The summed E-state index contributed by atoms with van der Waals surface area (Å²) in [5, 5.41) is 10.7. The molecule has 7 heteroatoms. The lowest BCUT2D eigenvalue weighted by atomic mass is 9.93. The molecule has 0 spiro atoms. The predicted octanol–water partition coefficient (Wildman–Crippen LogP) is 2.13. The van der Waals surface area contributed by atoms with Crippen LogP contribution >= 0.6 is 11.6 Å². The van der Waals surface area contributed by atoms with Crippen molar-refractivity contribution in [1.29, 1.82) is 0 Å². The molecule has 2 N–H and O–H groups in total. The van der Waals surface area contributed by atoms with E-state index in [0.717, 1.165) is 11.1 Å². The molecule has 1 aliphatic heterocycles. The molecule has 1 aliphatic rings. The Bertz CT molecular complexity index is 787. The number of benzene rings is 1. The van der Waals surface area contributed by atoms with E-state index in [-0.39, 0.29) is 23.9 Å². The van der Waals surface area contributed by atoms with E-state index < -0.39 is 0 Å². The summed E-state index contributed by atoms with van der Waals surface area (Å²) in [5.41, 5.74) is 2.16. The van der Waals surface area contributed by atoms with Crippen molar-refractivity contribution in [2.45, 2.75) is 31.8 Å². The van der Waals surface area contributed by atoms with Crippen molar-refractivity contribution in [2.75, 3.05) is 0 Å². The van der Waals surface area contributed by atoms with Crippen LogP contribution in [0.15, 0.2) is 30.6 Å². The number of aromatic nitrogens is 2. The second-order valence-corrected chi connectivity index (χ2v) is 6.43. The summed E-state index contributed by atoms with van der Waals surface area (Å²) in [6.07, 6.45) is 4.52. The normalized spacial score (nSPS) is 20.5. The molecular formula is C17H19ClN4O2. The number of carbonyl (C=O) groups is 2. The Balaban J connectivity index is 1.82. The standard InChI is InChI=1S/C17H19ClN4O2/c1-10-12(4-3-5-13(10)18)17(24)20-14-6-7-15(23)21-16(14)11-8-19-22(2)9-11/h3-5,8-9,14,16H,6-7H2,1-2H3,(H,20,24)(H,21,23)/t14-,16+/m1/s1. The zero-order valence-electron chi connectivity index (χ0n) is 13.5. The van der Waals surface area contributed by atoms with Crippen LogP contribution in [0, 0.1) is 6.92 Å². The molecule has 1 aromatic heterocycles. The number of hydrogen-bond donors (Lipinski definition) is 2. The molecule has 3 rings (SSSR count). The second kappa shape index (κ2) is 6.65. The van der Waals surface area contributed by atoms with Gasteiger partial charge in [-0.15, -0.1) is 0 Å². The molecule has 0 radical (unpaired) electrons. The average molecular weight is 347 g/mol. The fraction of sp³-hybridized carbons (Fsp3) is 0.353. The van der Waals surface area contributed by atoms with Crippen LogP contribution in [0.1, 0.15) is 40.4 Å². The molecule has 24 heavy (non-hydrogen) atoms. The highest BCUT2D eigenvalue weighted by Gasteiger charge is 2.32. The lowest BCUT2D eigenvalue weighted by Crippen LogP contribution is -2.50. The number of piperidine rings is 1. The van der Waals surface area contributed by atoms with Crippen molar-refractivity contribution in [3.63, 3.8) is 0 Å². The number of amides is 2. The third kappa shape index (κ3) is 3.28. The fourth-order valence-corrected chi connectivity index (χ4v) is 3.15. The van der Waals surface area contributed by atoms with Crippen molar-refractivity contribution in [2.24, 2.45) is 7.05 Å². The Kier molecular flexibility index (Phi) is 4.57. The molecule has 2 aromatic rings. The van der Waals surface area contributed by atoms with Crippen LogP contribution in [0.3, 0.4) is 0 Å². The predicted molar refractivity (Wildman–Crippen MR) is 90.8 cm³/mol. The Hall–Kier alpha value is -2.34. The van der Waals surface area contributed by atoms with Crippen molar-refractivity contribution >= 4 is 23.4 Å². The molecule has 6 nitrogen and oxygen atoms in total. The maximum absolute atomic E-state index is 12.6. The highest BCUT2D eigenvalue weighted by molar-refractivity contribution is 6.31. The van der Waals surface area contributed by atoms with Gasteiger partial charge in [0.1, 0.15) is 0 Å². The molecule has 2 atom stereocenters. The summed E-state index contributed by atoms with van der Waals surface area (Å²) >= 11 is 6.10. The molecule has 1 fully saturated rings. The number of aryl methyl sites for hydroxylation is 1. The summed E-state index contributed by atoms with van der Waals surface area (Å²) in [5.74, 6) is -0.210. The average Bonchev–Trinajstić information content (AvgIpc) is 2.98. The first-order chi connectivity index (χ1) is 11.5. The molecule has 0 unspecified atom stereocenters. The van der Waals surface area contributed by atoms with Crippen molar-refractivity contribution < 1.29 is 9.59 Å². The van der Waals surface area contributed by atoms with Gasteiger partial charge in [-0.1, -0.05) is 17.7 Å². The minimum absolute atomic E-state index is 0.0201. The molecule has 2 heterocycles. The topological polar surface area (TPSA) is 76.0 Å². The number of carbonyl (C=O) groups excluding carboxylic acids is 2.